The van der Waals surface area contributed by atoms with Gasteiger partial charge in [-0.3, -0.25) is 9.69 Å². The van der Waals surface area contributed by atoms with Crippen molar-refractivity contribution in [3.8, 4) is 5.75 Å². The first-order valence-corrected chi connectivity index (χ1v) is 7.64. The van der Waals surface area contributed by atoms with E-state index in [9.17, 15) is 14.3 Å². The summed E-state index contributed by atoms with van der Waals surface area (Å²) in [6, 6.07) is 7.56. The summed E-state index contributed by atoms with van der Waals surface area (Å²) in [5.41, 5.74) is 1.21. The van der Waals surface area contributed by atoms with Gasteiger partial charge in [0.25, 0.3) is 0 Å². The van der Waals surface area contributed by atoms with Gasteiger partial charge >= 0.3 is 0 Å². The van der Waals surface area contributed by atoms with Gasteiger partial charge in [-0.1, -0.05) is 24.3 Å². The van der Waals surface area contributed by atoms with Gasteiger partial charge in [0, 0.05) is 37.9 Å². The molecule has 0 atom stereocenters. The molecule has 0 amide bonds. The van der Waals surface area contributed by atoms with Crippen LogP contribution >= 0.6 is 0 Å². The van der Waals surface area contributed by atoms with Crippen LogP contribution in [0.3, 0.4) is 0 Å². The SMILES string of the molecule is C=CCN(CC=C)Cc1cc(=O)c(O)cn1Cc1ccc(F)cc1. The Hall–Kier alpha value is -2.66. The lowest BCUT2D eigenvalue weighted by molar-refractivity contribution is 0.316. The van der Waals surface area contributed by atoms with Crippen molar-refractivity contribution >= 4 is 0 Å². The highest BCUT2D eigenvalue weighted by Gasteiger charge is 2.10. The molecule has 1 heterocycles. The number of aromatic hydroxyl groups is 1. The molecule has 0 aliphatic carbocycles. The summed E-state index contributed by atoms with van der Waals surface area (Å²) in [6.07, 6.45) is 4.99. The van der Waals surface area contributed by atoms with E-state index >= 15 is 0 Å². The van der Waals surface area contributed by atoms with Crippen molar-refractivity contribution in [1.82, 2.24) is 9.47 Å². The summed E-state index contributed by atoms with van der Waals surface area (Å²) >= 11 is 0. The van der Waals surface area contributed by atoms with Gasteiger partial charge < -0.3 is 9.67 Å². The monoisotopic (exact) mass is 328 g/mol. The predicted molar refractivity (Wildman–Crippen MR) is 93.5 cm³/mol. The lowest BCUT2D eigenvalue weighted by Gasteiger charge is -2.22. The second-order valence-electron chi connectivity index (χ2n) is 5.54. The molecule has 24 heavy (non-hydrogen) atoms. The second kappa shape index (κ2) is 8.26. The average Bonchev–Trinajstić information content (AvgIpc) is 2.55. The fourth-order valence-electron chi connectivity index (χ4n) is 2.47. The maximum Gasteiger partial charge on any atom is 0.223 e. The van der Waals surface area contributed by atoms with E-state index in [1.54, 1.807) is 28.9 Å². The molecule has 1 aromatic heterocycles. The molecule has 0 spiro atoms. The van der Waals surface area contributed by atoms with E-state index in [2.05, 4.69) is 18.1 Å². The van der Waals surface area contributed by atoms with E-state index in [0.29, 0.717) is 26.2 Å². The molecule has 0 aliphatic rings. The van der Waals surface area contributed by atoms with E-state index in [1.165, 1.54) is 24.4 Å². The topological polar surface area (TPSA) is 45.5 Å². The summed E-state index contributed by atoms with van der Waals surface area (Å²) in [7, 11) is 0. The van der Waals surface area contributed by atoms with Gasteiger partial charge in [-0.15, -0.1) is 13.2 Å². The summed E-state index contributed by atoms with van der Waals surface area (Å²) in [5.74, 6) is -0.607. The number of nitrogens with zero attached hydrogens (tertiary/aromatic N) is 2. The second-order valence-corrected chi connectivity index (χ2v) is 5.54. The third-order valence-electron chi connectivity index (χ3n) is 3.62. The number of benzene rings is 1. The van der Waals surface area contributed by atoms with Crippen LogP contribution in [0.15, 0.2) is 66.6 Å². The highest BCUT2D eigenvalue weighted by Crippen LogP contribution is 2.12. The minimum atomic E-state index is -0.419. The van der Waals surface area contributed by atoms with E-state index in [1.807, 2.05) is 0 Å². The Morgan fingerprint density at radius 2 is 1.79 bits per heavy atom. The van der Waals surface area contributed by atoms with Crippen LogP contribution < -0.4 is 5.43 Å². The highest BCUT2D eigenvalue weighted by atomic mass is 19.1. The Balaban J connectivity index is 2.33. The largest absolute Gasteiger partial charge is 0.503 e. The highest BCUT2D eigenvalue weighted by molar-refractivity contribution is 5.23. The summed E-state index contributed by atoms with van der Waals surface area (Å²) < 4.78 is 14.8. The van der Waals surface area contributed by atoms with Gasteiger partial charge in [-0.25, -0.2) is 4.39 Å². The maximum absolute atomic E-state index is 13.0. The molecule has 0 unspecified atom stereocenters. The van der Waals surface area contributed by atoms with Crippen molar-refractivity contribution in [2.75, 3.05) is 13.1 Å². The number of aromatic nitrogens is 1. The molecule has 2 rings (SSSR count). The Morgan fingerprint density at radius 1 is 1.17 bits per heavy atom. The molecule has 0 saturated heterocycles. The van der Waals surface area contributed by atoms with Crippen LogP contribution in [0.4, 0.5) is 4.39 Å². The molecule has 0 fully saturated rings. The maximum atomic E-state index is 13.0. The smallest absolute Gasteiger partial charge is 0.223 e. The van der Waals surface area contributed by atoms with Crippen molar-refractivity contribution in [2.24, 2.45) is 0 Å². The molecule has 0 saturated carbocycles. The molecule has 5 heteroatoms. The predicted octanol–water partition coefficient (Wildman–Crippen LogP) is 2.92. The van der Waals surface area contributed by atoms with Crippen LogP contribution in [0, 0.1) is 5.82 Å². The van der Waals surface area contributed by atoms with Crippen LogP contribution in [0.5, 0.6) is 5.75 Å². The summed E-state index contributed by atoms with van der Waals surface area (Å²) in [5, 5.41) is 9.75. The number of pyridine rings is 1. The summed E-state index contributed by atoms with van der Waals surface area (Å²) in [4.78, 5) is 13.9. The fraction of sp³-hybridized carbons (Fsp3) is 0.211. The minimum Gasteiger partial charge on any atom is -0.503 e. The minimum absolute atomic E-state index is 0.301. The first-order chi connectivity index (χ1) is 11.5. The van der Waals surface area contributed by atoms with Gasteiger partial charge in [0.15, 0.2) is 5.75 Å². The van der Waals surface area contributed by atoms with Gasteiger partial charge in [-0.05, 0) is 17.7 Å². The summed E-state index contributed by atoms with van der Waals surface area (Å²) in [6.45, 7) is 9.71. The van der Waals surface area contributed by atoms with Gasteiger partial charge in [0.2, 0.25) is 5.43 Å². The normalized spacial score (nSPS) is 10.8. The van der Waals surface area contributed by atoms with Crippen molar-refractivity contribution in [1.29, 1.82) is 0 Å². The molecule has 0 bridgehead atoms. The molecular weight excluding hydrogens is 307 g/mol. The van der Waals surface area contributed by atoms with Crippen LogP contribution in [-0.2, 0) is 13.1 Å². The first kappa shape index (κ1) is 17.7. The molecule has 0 aliphatic heterocycles. The van der Waals surface area contributed by atoms with Crippen LogP contribution in [0.1, 0.15) is 11.3 Å². The van der Waals surface area contributed by atoms with Gasteiger partial charge in [-0.2, -0.15) is 0 Å². The lowest BCUT2D eigenvalue weighted by atomic mass is 10.2. The van der Waals surface area contributed by atoms with E-state index < -0.39 is 5.43 Å². The van der Waals surface area contributed by atoms with Crippen LogP contribution in [0.2, 0.25) is 0 Å². The standard InChI is InChI=1S/C19H21FN2O2/c1-3-9-21(10-4-2)13-17-11-18(23)19(24)14-22(17)12-15-5-7-16(20)8-6-15/h3-8,11,14,24H,1-2,9-10,12-13H2. The van der Waals surface area contributed by atoms with Gasteiger partial charge in [0.05, 0.1) is 6.20 Å². The van der Waals surface area contributed by atoms with Crippen molar-refractivity contribution in [3.05, 3.63) is 89.1 Å². The van der Waals surface area contributed by atoms with E-state index in [4.69, 9.17) is 0 Å². The third kappa shape index (κ3) is 4.67. The van der Waals surface area contributed by atoms with Crippen LogP contribution in [0.25, 0.3) is 0 Å². The zero-order chi connectivity index (χ0) is 17.5. The van der Waals surface area contributed by atoms with Gasteiger partial charge in [0.1, 0.15) is 5.82 Å². The van der Waals surface area contributed by atoms with E-state index in [0.717, 1.165) is 11.3 Å². The molecule has 2 aromatic rings. The zero-order valence-corrected chi connectivity index (χ0v) is 13.5. The van der Waals surface area contributed by atoms with Crippen molar-refractivity contribution in [2.45, 2.75) is 13.1 Å². The number of hydrogen-bond acceptors (Lipinski definition) is 3. The Labute approximate surface area is 140 Å². The first-order valence-electron chi connectivity index (χ1n) is 7.64. The molecule has 1 aromatic carbocycles. The fourth-order valence-corrected chi connectivity index (χ4v) is 2.47. The van der Waals surface area contributed by atoms with E-state index in [-0.39, 0.29) is 11.6 Å². The molecule has 1 N–H and O–H groups in total. The van der Waals surface area contributed by atoms with Crippen molar-refractivity contribution in [3.63, 3.8) is 0 Å². The van der Waals surface area contributed by atoms with Crippen molar-refractivity contribution < 1.29 is 9.50 Å². The van der Waals surface area contributed by atoms with Crippen LogP contribution in [-0.4, -0.2) is 27.7 Å². The molecule has 4 nitrogen and oxygen atoms in total. The number of rotatable bonds is 8. The molecule has 126 valence electrons. The Bertz CT molecular complexity index is 756. The molecular formula is C19H21FN2O2. The number of hydrogen-bond donors (Lipinski definition) is 1. The Kier molecular flexibility index (Phi) is 6.09. The lowest BCUT2D eigenvalue weighted by Crippen LogP contribution is -2.26. The Morgan fingerprint density at radius 3 is 2.38 bits per heavy atom. The quantitative estimate of drug-likeness (QED) is 0.758. The third-order valence-corrected chi connectivity index (χ3v) is 3.62. The molecule has 0 radical (unpaired) electrons. The number of halogens is 1. The zero-order valence-electron chi connectivity index (χ0n) is 13.5. The average molecular weight is 328 g/mol.